The number of hydrogen-bond acceptors (Lipinski definition) is 3. The third-order valence-corrected chi connectivity index (χ3v) is 8.45. The van der Waals surface area contributed by atoms with E-state index in [2.05, 4.69) is 13.8 Å². The van der Waals surface area contributed by atoms with Crippen LogP contribution in [0.1, 0.15) is 79.1 Å². The van der Waals surface area contributed by atoms with E-state index >= 15 is 0 Å². The Hall–Kier alpha value is -1.12. The van der Waals surface area contributed by atoms with Crippen molar-refractivity contribution in [3.05, 3.63) is 11.6 Å². The zero-order chi connectivity index (χ0) is 19.1. The van der Waals surface area contributed by atoms with Gasteiger partial charge in [0.1, 0.15) is 0 Å². The van der Waals surface area contributed by atoms with Crippen LogP contribution in [0.25, 0.3) is 0 Å². The highest BCUT2D eigenvalue weighted by molar-refractivity contribution is 5.91. The highest BCUT2D eigenvalue weighted by Crippen LogP contribution is 2.66. The molecule has 0 radical (unpaired) electrons. The molecule has 146 valence electrons. The quantitative estimate of drug-likeness (QED) is 0.593. The van der Waals surface area contributed by atoms with Gasteiger partial charge in [-0.15, -0.1) is 0 Å². The molecule has 0 aromatic rings. The van der Waals surface area contributed by atoms with Crippen molar-refractivity contribution in [2.75, 3.05) is 7.11 Å². The number of esters is 1. The van der Waals surface area contributed by atoms with Gasteiger partial charge in [-0.2, -0.15) is 0 Å². The molecule has 0 spiro atoms. The first-order valence-corrected chi connectivity index (χ1v) is 10.7. The number of carbonyl (C=O) groups excluding carboxylic acids is 2. The van der Waals surface area contributed by atoms with E-state index in [1.165, 1.54) is 31.9 Å². The lowest BCUT2D eigenvalue weighted by Gasteiger charge is -2.57. The number of rotatable bonds is 1. The van der Waals surface area contributed by atoms with E-state index in [1.54, 1.807) is 0 Å². The summed E-state index contributed by atoms with van der Waals surface area (Å²) in [4.78, 5) is 24.2. The molecule has 0 N–H and O–H groups in total. The highest BCUT2D eigenvalue weighted by atomic mass is 16.5. The van der Waals surface area contributed by atoms with Crippen LogP contribution in [0.4, 0.5) is 0 Å². The molecule has 3 unspecified atom stereocenters. The minimum Gasteiger partial charge on any atom is -0.469 e. The van der Waals surface area contributed by atoms with Crippen LogP contribution in [0, 0.1) is 34.5 Å². The van der Waals surface area contributed by atoms with E-state index in [4.69, 9.17) is 4.74 Å². The molecule has 0 bridgehead atoms. The molecule has 0 aromatic carbocycles. The van der Waals surface area contributed by atoms with Gasteiger partial charge in [-0.3, -0.25) is 9.59 Å². The summed E-state index contributed by atoms with van der Waals surface area (Å²) in [6, 6.07) is 0. The van der Waals surface area contributed by atoms with Crippen LogP contribution in [0.2, 0.25) is 0 Å². The molecule has 4 aliphatic rings. The first-order chi connectivity index (χ1) is 12.4. The molecular formula is C23H36O3. The fourth-order valence-electron chi connectivity index (χ4n) is 7.09. The molecule has 0 aliphatic heterocycles. The number of methoxy groups -OCH3 is 1. The van der Waals surface area contributed by atoms with Crippen molar-refractivity contribution in [1.29, 1.82) is 0 Å². The molecule has 3 saturated carbocycles. The third kappa shape index (κ3) is 2.77. The van der Waals surface area contributed by atoms with E-state index < -0.39 is 0 Å². The number of allylic oxidation sites excluding steroid dienone is 1. The Bertz CT molecular complexity index is 607. The van der Waals surface area contributed by atoms with Gasteiger partial charge in [-0.25, -0.2) is 0 Å². The summed E-state index contributed by atoms with van der Waals surface area (Å²) in [5, 5.41) is 0. The molecule has 4 aliphatic carbocycles. The second kappa shape index (κ2) is 7.13. The predicted octanol–water partition coefficient (Wildman–Crippen LogP) is 5.33. The van der Waals surface area contributed by atoms with E-state index in [-0.39, 0.29) is 22.7 Å². The lowest BCUT2D eigenvalue weighted by atomic mass is 9.47. The van der Waals surface area contributed by atoms with E-state index in [1.807, 2.05) is 19.9 Å². The Morgan fingerprint density at radius 2 is 1.77 bits per heavy atom. The fraction of sp³-hybridized carbons (Fsp3) is 0.826. The highest BCUT2D eigenvalue weighted by Gasteiger charge is 2.60. The minimum atomic E-state index is 0.00400. The maximum absolute atomic E-state index is 12.3. The van der Waals surface area contributed by atoms with Crippen molar-refractivity contribution in [3.63, 3.8) is 0 Å². The number of ether oxygens (including phenoxy) is 1. The molecule has 0 amide bonds. The van der Waals surface area contributed by atoms with Crippen molar-refractivity contribution in [3.8, 4) is 0 Å². The van der Waals surface area contributed by atoms with Gasteiger partial charge in [-0.05, 0) is 79.6 Å². The third-order valence-electron chi connectivity index (χ3n) is 8.45. The van der Waals surface area contributed by atoms with Crippen LogP contribution in [-0.2, 0) is 14.3 Å². The van der Waals surface area contributed by atoms with Gasteiger partial charge in [0.2, 0.25) is 0 Å². The van der Waals surface area contributed by atoms with Crippen molar-refractivity contribution in [2.24, 2.45) is 34.5 Å². The molecule has 3 fully saturated rings. The average molecular weight is 361 g/mol. The summed E-state index contributed by atoms with van der Waals surface area (Å²) in [6.45, 7) is 8.76. The van der Waals surface area contributed by atoms with Crippen molar-refractivity contribution in [2.45, 2.75) is 79.1 Å². The smallest absolute Gasteiger partial charge is 0.309 e. The van der Waals surface area contributed by atoms with E-state index in [0.29, 0.717) is 23.5 Å². The van der Waals surface area contributed by atoms with Crippen LogP contribution in [0.5, 0.6) is 0 Å². The van der Waals surface area contributed by atoms with Crippen LogP contribution < -0.4 is 0 Å². The lowest BCUT2D eigenvalue weighted by Crippen LogP contribution is -2.51. The molecule has 0 aromatic heterocycles. The van der Waals surface area contributed by atoms with Crippen LogP contribution in [0.15, 0.2) is 11.6 Å². The second-order valence-electron chi connectivity index (χ2n) is 9.17. The summed E-state index contributed by atoms with van der Waals surface area (Å²) in [6.07, 6.45) is 10.5. The van der Waals surface area contributed by atoms with Gasteiger partial charge in [0.15, 0.2) is 5.78 Å². The van der Waals surface area contributed by atoms with Gasteiger partial charge in [0, 0.05) is 6.42 Å². The molecule has 4 rings (SSSR count). The van der Waals surface area contributed by atoms with E-state index in [0.717, 1.165) is 32.1 Å². The molecular weight excluding hydrogens is 324 g/mol. The standard InChI is InChI=1S/C21H30O3.C2H6/c1-20-10-8-14(22)12-13(20)4-5-15-16-6-7-18(19(23)24-3)21(16,2)11-9-17(15)20;1-2/h12,15-18H,4-11H2,1-3H3;1-2H3/t15?,16?,17?,18-,20+,21+;/m1./s1. The maximum atomic E-state index is 12.3. The molecule has 26 heavy (non-hydrogen) atoms. The Morgan fingerprint density at radius 1 is 1.04 bits per heavy atom. The topological polar surface area (TPSA) is 43.4 Å². The maximum Gasteiger partial charge on any atom is 0.309 e. The number of fused-ring (bicyclic) bond motifs is 5. The van der Waals surface area contributed by atoms with Gasteiger partial charge in [-0.1, -0.05) is 33.3 Å². The SMILES string of the molecule is CC.COC(=O)[C@H]1CCC2C3CCC4=CC(=O)CC[C@]4(C)C3CC[C@@]21C. The normalized spacial score (nSPS) is 43.9. The largest absolute Gasteiger partial charge is 0.469 e. The van der Waals surface area contributed by atoms with Crippen molar-refractivity contribution >= 4 is 11.8 Å². The summed E-state index contributed by atoms with van der Waals surface area (Å²) in [7, 11) is 1.53. The summed E-state index contributed by atoms with van der Waals surface area (Å²) >= 11 is 0. The summed E-state index contributed by atoms with van der Waals surface area (Å²) < 4.78 is 5.12. The summed E-state index contributed by atoms with van der Waals surface area (Å²) in [5.74, 6) is 2.48. The molecule has 6 atom stereocenters. The summed E-state index contributed by atoms with van der Waals surface area (Å²) in [5.41, 5.74) is 1.77. The van der Waals surface area contributed by atoms with Crippen LogP contribution in [0.3, 0.4) is 0 Å². The van der Waals surface area contributed by atoms with Crippen molar-refractivity contribution in [1.82, 2.24) is 0 Å². The Labute approximate surface area is 158 Å². The molecule has 3 nitrogen and oxygen atoms in total. The van der Waals surface area contributed by atoms with Crippen LogP contribution >= 0.6 is 0 Å². The van der Waals surface area contributed by atoms with Crippen LogP contribution in [-0.4, -0.2) is 18.9 Å². The Morgan fingerprint density at radius 3 is 2.46 bits per heavy atom. The second-order valence-corrected chi connectivity index (χ2v) is 9.17. The van der Waals surface area contributed by atoms with Gasteiger partial charge in [0.25, 0.3) is 0 Å². The first kappa shape index (κ1) is 19.6. The fourth-order valence-corrected chi connectivity index (χ4v) is 7.09. The Balaban J connectivity index is 0.000000948. The average Bonchev–Trinajstić information content (AvgIpc) is 3.00. The molecule has 0 saturated heterocycles. The lowest BCUT2D eigenvalue weighted by molar-refractivity contribution is -0.152. The van der Waals surface area contributed by atoms with E-state index in [9.17, 15) is 9.59 Å². The molecule has 0 heterocycles. The van der Waals surface area contributed by atoms with Gasteiger partial charge >= 0.3 is 5.97 Å². The molecule has 3 heteroatoms. The first-order valence-electron chi connectivity index (χ1n) is 10.7. The van der Waals surface area contributed by atoms with Gasteiger partial charge in [0.05, 0.1) is 13.0 Å². The Kier molecular flexibility index (Phi) is 5.38. The number of carbonyl (C=O) groups is 2. The van der Waals surface area contributed by atoms with Gasteiger partial charge < -0.3 is 4.74 Å². The number of ketones is 1. The number of hydrogen-bond donors (Lipinski definition) is 0. The minimum absolute atomic E-state index is 0.00400. The van der Waals surface area contributed by atoms with Crippen molar-refractivity contribution < 1.29 is 14.3 Å². The predicted molar refractivity (Wildman–Crippen MR) is 104 cm³/mol. The zero-order valence-corrected chi connectivity index (χ0v) is 17.3. The monoisotopic (exact) mass is 360 g/mol. The zero-order valence-electron chi connectivity index (χ0n) is 17.3.